The minimum Gasteiger partial charge on any atom is -0.340 e. The molecule has 1 aliphatic heterocycles. The quantitative estimate of drug-likeness (QED) is 0.854. The van der Waals surface area contributed by atoms with Crippen molar-refractivity contribution in [1.29, 1.82) is 0 Å². The van der Waals surface area contributed by atoms with Crippen molar-refractivity contribution in [1.82, 2.24) is 4.90 Å². The van der Waals surface area contributed by atoms with E-state index in [1.54, 1.807) is 0 Å². The number of likely N-dealkylation sites (tertiary alicyclic amines) is 1. The van der Waals surface area contributed by atoms with Crippen molar-refractivity contribution in [3.05, 3.63) is 0 Å². The Morgan fingerprint density at radius 1 is 1.32 bits per heavy atom. The van der Waals surface area contributed by atoms with Gasteiger partial charge in [0.15, 0.2) is 0 Å². The van der Waals surface area contributed by atoms with Gasteiger partial charge in [0.2, 0.25) is 5.91 Å². The molecule has 1 heterocycles. The molecule has 1 saturated carbocycles. The van der Waals surface area contributed by atoms with E-state index in [2.05, 4.69) is 25.7 Å². The number of nitrogens with two attached hydrogens (primary N) is 1. The molecule has 2 unspecified atom stereocenters. The van der Waals surface area contributed by atoms with E-state index in [0.717, 1.165) is 38.8 Å². The van der Waals surface area contributed by atoms with Crippen LogP contribution in [0.5, 0.6) is 0 Å². The van der Waals surface area contributed by atoms with Gasteiger partial charge >= 0.3 is 0 Å². The van der Waals surface area contributed by atoms with Gasteiger partial charge in [-0.2, -0.15) is 0 Å². The lowest BCUT2D eigenvalue weighted by molar-refractivity contribution is -0.145. The summed E-state index contributed by atoms with van der Waals surface area (Å²) in [6.45, 7) is 8.36. The summed E-state index contributed by atoms with van der Waals surface area (Å²) in [6, 6.07) is 0.171. The summed E-state index contributed by atoms with van der Waals surface area (Å²) in [5, 5.41) is 0. The molecule has 19 heavy (non-hydrogen) atoms. The molecule has 0 spiro atoms. The summed E-state index contributed by atoms with van der Waals surface area (Å²) in [6.07, 6.45) is 6.71. The summed E-state index contributed by atoms with van der Waals surface area (Å²) >= 11 is 0. The van der Waals surface area contributed by atoms with Gasteiger partial charge in [0.05, 0.1) is 0 Å². The van der Waals surface area contributed by atoms with Crippen LogP contribution in [0.25, 0.3) is 0 Å². The van der Waals surface area contributed by atoms with E-state index in [1.165, 1.54) is 12.8 Å². The van der Waals surface area contributed by atoms with Gasteiger partial charge in [-0.05, 0) is 37.5 Å². The van der Waals surface area contributed by atoms with Crippen molar-refractivity contribution in [3.8, 4) is 0 Å². The van der Waals surface area contributed by atoms with Crippen LogP contribution in [0.1, 0.15) is 59.3 Å². The molecule has 110 valence electrons. The van der Waals surface area contributed by atoms with Crippen LogP contribution in [-0.2, 0) is 4.79 Å². The average molecular weight is 266 g/mol. The maximum atomic E-state index is 13.0. The third kappa shape index (κ3) is 3.31. The number of amides is 1. The number of carbonyl (C=O) groups is 1. The third-order valence-electron chi connectivity index (χ3n) is 4.79. The summed E-state index contributed by atoms with van der Waals surface area (Å²) in [5.41, 5.74) is 6.04. The number of nitrogens with zero attached hydrogens (tertiary/aromatic N) is 1. The fraction of sp³-hybridized carbons (Fsp3) is 0.938. The van der Waals surface area contributed by atoms with Gasteiger partial charge in [-0.1, -0.05) is 33.6 Å². The van der Waals surface area contributed by atoms with Crippen LogP contribution >= 0.6 is 0 Å². The molecule has 2 fully saturated rings. The van der Waals surface area contributed by atoms with Crippen LogP contribution in [0.15, 0.2) is 0 Å². The molecule has 0 aromatic rings. The van der Waals surface area contributed by atoms with Crippen molar-refractivity contribution in [2.45, 2.75) is 65.3 Å². The van der Waals surface area contributed by atoms with E-state index in [9.17, 15) is 4.79 Å². The molecule has 2 aliphatic rings. The molecule has 2 rings (SSSR count). The Kier molecular flexibility index (Phi) is 4.54. The molecular formula is C16H30N2O. The van der Waals surface area contributed by atoms with E-state index in [1.807, 2.05) is 0 Å². The highest BCUT2D eigenvalue weighted by atomic mass is 16.2. The Hall–Kier alpha value is -0.570. The van der Waals surface area contributed by atoms with Crippen molar-refractivity contribution >= 4 is 5.91 Å². The van der Waals surface area contributed by atoms with Crippen LogP contribution in [0, 0.1) is 17.3 Å². The first-order valence-corrected chi connectivity index (χ1v) is 7.98. The second kappa shape index (κ2) is 5.82. The van der Waals surface area contributed by atoms with Crippen LogP contribution in [0.2, 0.25) is 0 Å². The molecule has 0 aromatic carbocycles. The molecule has 0 aromatic heterocycles. The standard InChI is InChI=1S/C16H30N2O/c1-12(2)9-16(6-4-5-7-16)15(19)18-10-13(3)8-14(17)11-18/h12-14H,4-11,17H2,1-3H3. The van der Waals surface area contributed by atoms with Crippen LogP contribution < -0.4 is 5.73 Å². The van der Waals surface area contributed by atoms with Gasteiger partial charge in [-0.15, -0.1) is 0 Å². The molecule has 2 atom stereocenters. The number of rotatable bonds is 3. The highest BCUT2D eigenvalue weighted by molar-refractivity contribution is 5.83. The number of piperidine rings is 1. The lowest BCUT2D eigenvalue weighted by atomic mass is 9.76. The Labute approximate surface area is 117 Å². The SMILES string of the molecule is CC(C)CC1(C(=O)N2CC(C)CC(N)C2)CCCC1. The Bertz CT molecular complexity index is 311. The molecule has 0 bridgehead atoms. The van der Waals surface area contributed by atoms with E-state index < -0.39 is 0 Å². The van der Waals surface area contributed by atoms with Gasteiger partial charge in [-0.3, -0.25) is 4.79 Å². The van der Waals surface area contributed by atoms with E-state index in [0.29, 0.717) is 17.7 Å². The smallest absolute Gasteiger partial charge is 0.228 e. The maximum absolute atomic E-state index is 13.0. The Morgan fingerprint density at radius 3 is 2.47 bits per heavy atom. The van der Waals surface area contributed by atoms with Gasteiger partial charge in [0, 0.05) is 24.5 Å². The van der Waals surface area contributed by atoms with Gasteiger partial charge < -0.3 is 10.6 Å². The molecule has 0 radical (unpaired) electrons. The van der Waals surface area contributed by atoms with Gasteiger partial charge in [0.25, 0.3) is 0 Å². The van der Waals surface area contributed by atoms with Crippen molar-refractivity contribution in [2.75, 3.05) is 13.1 Å². The van der Waals surface area contributed by atoms with Crippen molar-refractivity contribution < 1.29 is 4.79 Å². The first-order valence-electron chi connectivity index (χ1n) is 7.98. The predicted octanol–water partition coefficient (Wildman–Crippen LogP) is 2.79. The molecule has 1 saturated heterocycles. The highest BCUT2D eigenvalue weighted by Gasteiger charge is 2.44. The van der Waals surface area contributed by atoms with E-state index in [-0.39, 0.29) is 11.5 Å². The highest BCUT2D eigenvalue weighted by Crippen LogP contribution is 2.45. The summed E-state index contributed by atoms with van der Waals surface area (Å²) in [4.78, 5) is 15.1. The summed E-state index contributed by atoms with van der Waals surface area (Å²) in [5.74, 6) is 1.55. The van der Waals surface area contributed by atoms with E-state index >= 15 is 0 Å². The van der Waals surface area contributed by atoms with Crippen molar-refractivity contribution in [2.24, 2.45) is 23.0 Å². The summed E-state index contributed by atoms with van der Waals surface area (Å²) in [7, 11) is 0. The first-order chi connectivity index (χ1) is 8.93. The fourth-order valence-electron chi connectivity index (χ4n) is 4.24. The third-order valence-corrected chi connectivity index (χ3v) is 4.79. The molecule has 3 nitrogen and oxygen atoms in total. The van der Waals surface area contributed by atoms with Gasteiger partial charge in [0.1, 0.15) is 0 Å². The average Bonchev–Trinajstić information content (AvgIpc) is 2.75. The minimum atomic E-state index is -0.0645. The number of hydrogen-bond donors (Lipinski definition) is 1. The lowest BCUT2D eigenvalue weighted by Gasteiger charge is -2.41. The Balaban J connectivity index is 2.10. The molecule has 1 amide bonds. The molecule has 1 aliphatic carbocycles. The molecular weight excluding hydrogens is 236 g/mol. The zero-order valence-corrected chi connectivity index (χ0v) is 12.8. The Morgan fingerprint density at radius 2 is 1.95 bits per heavy atom. The molecule has 3 heteroatoms. The van der Waals surface area contributed by atoms with E-state index in [4.69, 9.17) is 5.73 Å². The van der Waals surface area contributed by atoms with Gasteiger partial charge in [-0.25, -0.2) is 0 Å². The largest absolute Gasteiger partial charge is 0.340 e. The number of hydrogen-bond acceptors (Lipinski definition) is 2. The first kappa shape index (κ1) is 14.8. The monoisotopic (exact) mass is 266 g/mol. The predicted molar refractivity (Wildman–Crippen MR) is 78.7 cm³/mol. The zero-order valence-electron chi connectivity index (χ0n) is 12.8. The zero-order chi connectivity index (χ0) is 14.0. The summed E-state index contributed by atoms with van der Waals surface area (Å²) < 4.78 is 0. The lowest BCUT2D eigenvalue weighted by Crippen LogP contribution is -2.53. The second-order valence-corrected chi connectivity index (χ2v) is 7.40. The topological polar surface area (TPSA) is 46.3 Å². The normalized spacial score (nSPS) is 30.9. The van der Waals surface area contributed by atoms with Crippen LogP contribution in [0.4, 0.5) is 0 Å². The number of carbonyl (C=O) groups excluding carboxylic acids is 1. The minimum absolute atomic E-state index is 0.0645. The molecule has 2 N–H and O–H groups in total. The van der Waals surface area contributed by atoms with Crippen LogP contribution in [0.3, 0.4) is 0 Å². The fourth-order valence-corrected chi connectivity index (χ4v) is 4.24. The van der Waals surface area contributed by atoms with Crippen LogP contribution in [-0.4, -0.2) is 29.9 Å². The second-order valence-electron chi connectivity index (χ2n) is 7.40. The van der Waals surface area contributed by atoms with Crippen molar-refractivity contribution in [3.63, 3.8) is 0 Å². The maximum Gasteiger partial charge on any atom is 0.228 e.